The third-order valence-electron chi connectivity index (χ3n) is 2.65. The van der Waals surface area contributed by atoms with Crippen LogP contribution in [0.3, 0.4) is 0 Å². The van der Waals surface area contributed by atoms with Crippen LogP contribution in [0.1, 0.15) is 33.1 Å². The van der Waals surface area contributed by atoms with E-state index in [1.54, 1.807) is 6.07 Å². The molecule has 0 amide bonds. The van der Waals surface area contributed by atoms with E-state index < -0.39 is 0 Å². The molecule has 0 aromatic heterocycles. The number of hydrogen-bond acceptors (Lipinski definition) is 2. The second kappa shape index (κ2) is 7.01. The summed E-state index contributed by atoms with van der Waals surface area (Å²) in [7, 11) is 0. The van der Waals surface area contributed by atoms with Crippen molar-refractivity contribution in [1.82, 2.24) is 0 Å². The van der Waals surface area contributed by atoms with Gasteiger partial charge in [0.25, 0.3) is 0 Å². The quantitative estimate of drug-likeness (QED) is 0.671. The highest BCUT2D eigenvalue weighted by Crippen LogP contribution is 2.28. The maximum Gasteiger partial charge on any atom is 0.133 e. The van der Waals surface area contributed by atoms with Gasteiger partial charge in [0.05, 0.1) is 22.6 Å². The molecule has 0 atom stereocenters. The third kappa shape index (κ3) is 5.29. The van der Waals surface area contributed by atoms with Crippen molar-refractivity contribution in [3.8, 4) is 11.8 Å². The molecule has 18 heavy (non-hydrogen) atoms. The minimum Gasteiger partial charge on any atom is -0.492 e. The van der Waals surface area contributed by atoms with Gasteiger partial charge in [-0.05, 0) is 67.2 Å². The summed E-state index contributed by atoms with van der Waals surface area (Å²) in [5.41, 5.74) is -0.235. The summed E-state index contributed by atoms with van der Waals surface area (Å²) in [4.78, 5) is 0. The van der Waals surface area contributed by atoms with Crippen molar-refractivity contribution in [2.45, 2.75) is 33.1 Å². The molecule has 4 heteroatoms. The SMILES string of the molecule is CC(C)(C#N)CCCCOc1ccc(Cl)cc1Br. The summed E-state index contributed by atoms with van der Waals surface area (Å²) < 4.78 is 6.52. The van der Waals surface area contributed by atoms with Crippen LogP contribution in [0.4, 0.5) is 0 Å². The van der Waals surface area contributed by atoms with Gasteiger partial charge < -0.3 is 4.74 Å². The Balaban J connectivity index is 2.29. The zero-order valence-electron chi connectivity index (χ0n) is 10.7. The average Bonchev–Trinajstić information content (AvgIpc) is 2.31. The fraction of sp³-hybridized carbons (Fsp3) is 0.500. The Morgan fingerprint density at radius 2 is 2.11 bits per heavy atom. The van der Waals surface area contributed by atoms with Crippen LogP contribution in [-0.2, 0) is 0 Å². The zero-order valence-corrected chi connectivity index (χ0v) is 13.0. The molecule has 1 rings (SSSR count). The monoisotopic (exact) mass is 329 g/mol. The smallest absolute Gasteiger partial charge is 0.133 e. The van der Waals surface area contributed by atoms with Crippen molar-refractivity contribution in [2.75, 3.05) is 6.61 Å². The third-order valence-corrected chi connectivity index (χ3v) is 3.51. The van der Waals surface area contributed by atoms with Gasteiger partial charge in [0.2, 0.25) is 0 Å². The summed E-state index contributed by atoms with van der Waals surface area (Å²) in [5, 5.41) is 9.58. The Bertz CT molecular complexity index is 440. The van der Waals surface area contributed by atoms with Crippen molar-refractivity contribution >= 4 is 27.5 Å². The first-order valence-electron chi connectivity index (χ1n) is 5.94. The number of ether oxygens (including phenoxy) is 1. The first-order valence-corrected chi connectivity index (χ1v) is 7.11. The van der Waals surface area contributed by atoms with Crippen molar-refractivity contribution in [3.05, 3.63) is 27.7 Å². The van der Waals surface area contributed by atoms with Gasteiger partial charge in [-0.3, -0.25) is 0 Å². The predicted molar refractivity (Wildman–Crippen MR) is 77.9 cm³/mol. The fourth-order valence-electron chi connectivity index (χ4n) is 1.50. The maximum absolute atomic E-state index is 8.89. The molecule has 1 aromatic carbocycles. The van der Waals surface area contributed by atoms with Gasteiger partial charge in [-0.25, -0.2) is 0 Å². The van der Waals surface area contributed by atoms with Crippen LogP contribution >= 0.6 is 27.5 Å². The summed E-state index contributed by atoms with van der Waals surface area (Å²) in [6.07, 6.45) is 2.83. The minimum absolute atomic E-state index is 0.235. The van der Waals surface area contributed by atoms with Gasteiger partial charge in [-0.15, -0.1) is 0 Å². The van der Waals surface area contributed by atoms with E-state index in [1.165, 1.54) is 0 Å². The average molecular weight is 331 g/mol. The number of rotatable bonds is 6. The van der Waals surface area contributed by atoms with Gasteiger partial charge in [0.15, 0.2) is 0 Å². The Morgan fingerprint density at radius 1 is 1.39 bits per heavy atom. The largest absolute Gasteiger partial charge is 0.492 e. The first kappa shape index (κ1) is 15.3. The molecule has 0 aliphatic heterocycles. The fourth-order valence-corrected chi connectivity index (χ4v) is 2.30. The molecule has 0 saturated carbocycles. The number of halogens is 2. The molecule has 0 radical (unpaired) electrons. The number of nitriles is 1. The van der Waals surface area contributed by atoms with Crippen LogP contribution in [0.25, 0.3) is 0 Å². The Kier molecular flexibility index (Phi) is 5.98. The van der Waals surface area contributed by atoms with Crippen molar-refractivity contribution in [3.63, 3.8) is 0 Å². The van der Waals surface area contributed by atoms with Gasteiger partial charge in [-0.2, -0.15) is 5.26 Å². The maximum atomic E-state index is 8.89. The second-order valence-corrected chi connectivity index (χ2v) is 6.17. The Labute approximate surface area is 122 Å². The lowest BCUT2D eigenvalue weighted by molar-refractivity contribution is 0.293. The van der Waals surface area contributed by atoms with E-state index in [2.05, 4.69) is 22.0 Å². The summed E-state index contributed by atoms with van der Waals surface area (Å²) in [6.45, 7) is 4.58. The molecule has 0 spiro atoms. The van der Waals surface area contributed by atoms with Crippen LogP contribution in [0.15, 0.2) is 22.7 Å². The minimum atomic E-state index is -0.235. The van der Waals surface area contributed by atoms with E-state index in [1.807, 2.05) is 26.0 Å². The highest BCUT2D eigenvalue weighted by molar-refractivity contribution is 9.10. The van der Waals surface area contributed by atoms with Gasteiger partial charge >= 0.3 is 0 Å². The highest BCUT2D eigenvalue weighted by Gasteiger charge is 2.15. The van der Waals surface area contributed by atoms with E-state index in [4.69, 9.17) is 21.6 Å². The van der Waals surface area contributed by atoms with E-state index in [0.717, 1.165) is 29.5 Å². The Hall–Kier alpha value is -0.720. The lowest BCUT2D eigenvalue weighted by Gasteiger charge is -2.14. The van der Waals surface area contributed by atoms with E-state index in [9.17, 15) is 0 Å². The molecule has 98 valence electrons. The molecule has 1 aromatic rings. The number of nitrogens with zero attached hydrogens (tertiary/aromatic N) is 1. The molecule has 0 heterocycles. The van der Waals surface area contributed by atoms with Crippen molar-refractivity contribution in [2.24, 2.45) is 5.41 Å². The molecule has 0 bridgehead atoms. The van der Waals surface area contributed by atoms with Crippen LogP contribution in [0.5, 0.6) is 5.75 Å². The first-order chi connectivity index (χ1) is 8.44. The number of benzene rings is 1. The van der Waals surface area contributed by atoms with Crippen molar-refractivity contribution < 1.29 is 4.74 Å². The molecule has 0 saturated heterocycles. The standard InChI is InChI=1S/C14H17BrClNO/c1-14(2,10-17)7-3-4-8-18-13-6-5-11(16)9-12(13)15/h5-6,9H,3-4,7-8H2,1-2H3. The van der Waals surface area contributed by atoms with Gasteiger partial charge in [-0.1, -0.05) is 11.6 Å². The van der Waals surface area contributed by atoms with Crippen LogP contribution in [0, 0.1) is 16.7 Å². The zero-order chi connectivity index (χ0) is 13.6. The molecule has 2 nitrogen and oxygen atoms in total. The molecule has 0 N–H and O–H groups in total. The van der Waals surface area contributed by atoms with E-state index in [-0.39, 0.29) is 5.41 Å². The lowest BCUT2D eigenvalue weighted by atomic mass is 9.89. The molecular formula is C14H17BrClNO. The van der Waals surface area contributed by atoms with Gasteiger partial charge in [0, 0.05) is 5.02 Å². The van der Waals surface area contributed by atoms with Crippen molar-refractivity contribution in [1.29, 1.82) is 5.26 Å². The topological polar surface area (TPSA) is 33.0 Å². The molecular weight excluding hydrogens is 314 g/mol. The van der Waals surface area contributed by atoms with Crippen LogP contribution in [0.2, 0.25) is 5.02 Å². The number of hydrogen-bond donors (Lipinski definition) is 0. The molecule has 0 aliphatic carbocycles. The summed E-state index contributed by atoms with van der Waals surface area (Å²) in [6, 6.07) is 7.78. The van der Waals surface area contributed by atoms with E-state index in [0.29, 0.717) is 11.6 Å². The predicted octanol–water partition coefficient (Wildman–Crippen LogP) is 5.20. The normalized spacial score (nSPS) is 11.1. The Morgan fingerprint density at radius 3 is 2.72 bits per heavy atom. The molecule has 0 aliphatic rings. The molecule has 0 fully saturated rings. The van der Waals surface area contributed by atoms with E-state index >= 15 is 0 Å². The second-order valence-electron chi connectivity index (χ2n) is 4.88. The molecule has 0 unspecified atom stereocenters. The van der Waals surface area contributed by atoms with Crippen LogP contribution < -0.4 is 4.74 Å². The highest BCUT2D eigenvalue weighted by atomic mass is 79.9. The summed E-state index contributed by atoms with van der Waals surface area (Å²) in [5.74, 6) is 0.805. The van der Waals surface area contributed by atoms with Crippen LogP contribution in [-0.4, -0.2) is 6.61 Å². The number of unbranched alkanes of at least 4 members (excludes halogenated alkanes) is 1. The summed E-state index contributed by atoms with van der Waals surface area (Å²) >= 11 is 9.26. The van der Waals surface area contributed by atoms with Gasteiger partial charge in [0.1, 0.15) is 5.75 Å². The lowest BCUT2D eigenvalue weighted by Crippen LogP contribution is -2.08.